The zero-order chi connectivity index (χ0) is 13.0. The molecule has 1 atom stereocenters. The van der Waals surface area contributed by atoms with Gasteiger partial charge in [-0.05, 0) is 18.9 Å². The van der Waals surface area contributed by atoms with Crippen molar-refractivity contribution in [1.29, 1.82) is 0 Å². The maximum atomic E-state index is 10.5. The molecular formula is C10H11ClN4O3. The fourth-order valence-corrected chi connectivity index (χ4v) is 1.77. The molecule has 1 aromatic rings. The Hall–Kier alpha value is -1.89. The molecule has 7 nitrogen and oxygen atoms in total. The van der Waals surface area contributed by atoms with E-state index >= 15 is 0 Å². The predicted octanol–water partition coefficient (Wildman–Crippen LogP) is 1.38. The number of nitro groups is 1. The Morgan fingerprint density at radius 3 is 3.06 bits per heavy atom. The van der Waals surface area contributed by atoms with E-state index in [1.165, 1.54) is 0 Å². The van der Waals surface area contributed by atoms with Crippen molar-refractivity contribution < 1.29 is 9.66 Å². The van der Waals surface area contributed by atoms with Gasteiger partial charge in [0.05, 0.1) is 4.92 Å². The Morgan fingerprint density at radius 2 is 2.39 bits per heavy atom. The van der Waals surface area contributed by atoms with Crippen molar-refractivity contribution in [2.24, 2.45) is 0 Å². The van der Waals surface area contributed by atoms with Crippen LogP contribution in [-0.4, -0.2) is 27.8 Å². The van der Waals surface area contributed by atoms with Crippen molar-refractivity contribution in [3.05, 3.63) is 39.3 Å². The molecule has 1 unspecified atom stereocenters. The van der Waals surface area contributed by atoms with Crippen molar-refractivity contribution >= 4 is 11.6 Å². The fraction of sp³-hybridized carbons (Fsp3) is 0.400. The molecule has 1 saturated heterocycles. The molecule has 0 amide bonds. The van der Waals surface area contributed by atoms with E-state index in [1.54, 1.807) is 12.1 Å². The molecule has 96 valence electrons. The van der Waals surface area contributed by atoms with Gasteiger partial charge in [0.2, 0.25) is 5.88 Å². The van der Waals surface area contributed by atoms with Gasteiger partial charge in [-0.15, -0.1) is 10.2 Å². The van der Waals surface area contributed by atoms with E-state index < -0.39 is 11.0 Å². The Bertz CT molecular complexity index is 463. The molecule has 1 fully saturated rings. The van der Waals surface area contributed by atoms with Crippen molar-refractivity contribution in [2.75, 3.05) is 6.54 Å². The molecule has 0 aliphatic carbocycles. The lowest BCUT2D eigenvalue weighted by molar-refractivity contribution is -0.404. The van der Waals surface area contributed by atoms with Crippen molar-refractivity contribution in [3.63, 3.8) is 0 Å². The number of rotatable bonds is 3. The summed E-state index contributed by atoms with van der Waals surface area (Å²) < 4.78 is 5.56. The average Bonchev–Trinajstić information content (AvgIpc) is 2.34. The van der Waals surface area contributed by atoms with Crippen LogP contribution in [0.5, 0.6) is 5.88 Å². The fourth-order valence-electron chi connectivity index (χ4n) is 1.67. The summed E-state index contributed by atoms with van der Waals surface area (Å²) >= 11 is 5.61. The van der Waals surface area contributed by atoms with E-state index in [-0.39, 0.29) is 5.15 Å². The van der Waals surface area contributed by atoms with Crippen LogP contribution < -0.4 is 10.1 Å². The van der Waals surface area contributed by atoms with E-state index in [4.69, 9.17) is 16.3 Å². The molecule has 0 bridgehead atoms. The Balaban J connectivity index is 2.10. The number of halogens is 1. The molecule has 0 spiro atoms. The summed E-state index contributed by atoms with van der Waals surface area (Å²) in [6.07, 6.45) is 2.09. The summed E-state index contributed by atoms with van der Waals surface area (Å²) in [6.45, 7) is 0.700. The molecule has 2 rings (SSSR count). The van der Waals surface area contributed by atoms with Crippen molar-refractivity contribution in [1.82, 2.24) is 15.5 Å². The first-order valence-corrected chi connectivity index (χ1v) is 5.78. The van der Waals surface area contributed by atoms with Crippen LogP contribution in [0.25, 0.3) is 0 Å². The number of nitrogens with one attached hydrogen (secondary N) is 1. The van der Waals surface area contributed by atoms with E-state index in [0.29, 0.717) is 24.5 Å². The Kier molecular flexibility index (Phi) is 3.93. The summed E-state index contributed by atoms with van der Waals surface area (Å²) in [5, 5.41) is 21.1. The van der Waals surface area contributed by atoms with E-state index in [2.05, 4.69) is 15.5 Å². The maximum Gasteiger partial charge on any atom is 0.257 e. The van der Waals surface area contributed by atoms with Gasteiger partial charge in [-0.1, -0.05) is 11.6 Å². The van der Waals surface area contributed by atoms with E-state index in [9.17, 15) is 10.1 Å². The largest absolute Gasteiger partial charge is 0.467 e. The highest BCUT2D eigenvalue weighted by molar-refractivity contribution is 6.29. The zero-order valence-electron chi connectivity index (χ0n) is 9.38. The van der Waals surface area contributed by atoms with Gasteiger partial charge in [-0.2, -0.15) is 0 Å². The summed E-state index contributed by atoms with van der Waals surface area (Å²) in [5.41, 5.74) is 0.447. The minimum atomic E-state index is -0.502. The number of hydrogen-bond acceptors (Lipinski definition) is 6. The summed E-state index contributed by atoms with van der Waals surface area (Å²) in [7, 11) is 0. The molecule has 1 aromatic heterocycles. The number of hydrogen-bond donors (Lipinski definition) is 1. The van der Waals surface area contributed by atoms with Gasteiger partial charge in [0, 0.05) is 12.6 Å². The van der Waals surface area contributed by atoms with Crippen molar-refractivity contribution in [2.45, 2.75) is 18.9 Å². The quantitative estimate of drug-likeness (QED) is 0.659. The van der Waals surface area contributed by atoms with Crippen LogP contribution in [0, 0.1) is 10.1 Å². The first-order chi connectivity index (χ1) is 8.65. The van der Waals surface area contributed by atoms with Crippen LogP contribution in [0.3, 0.4) is 0 Å². The first kappa shape index (κ1) is 12.6. The number of nitrogens with zero attached hydrogens (tertiary/aromatic N) is 3. The molecule has 0 aromatic carbocycles. The van der Waals surface area contributed by atoms with E-state index in [0.717, 1.165) is 12.6 Å². The second-order valence-corrected chi connectivity index (χ2v) is 4.13. The summed E-state index contributed by atoms with van der Waals surface area (Å²) in [4.78, 5) is 10.00. The van der Waals surface area contributed by atoms with E-state index in [1.807, 2.05) is 0 Å². The Labute approximate surface area is 108 Å². The van der Waals surface area contributed by atoms with Gasteiger partial charge < -0.3 is 10.1 Å². The van der Waals surface area contributed by atoms with Gasteiger partial charge in [0.15, 0.2) is 5.15 Å². The smallest absolute Gasteiger partial charge is 0.257 e. The van der Waals surface area contributed by atoms with Crippen LogP contribution in [0.15, 0.2) is 24.0 Å². The van der Waals surface area contributed by atoms with Crippen LogP contribution in [0.4, 0.5) is 0 Å². The lowest BCUT2D eigenvalue weighted by Crippen LogP contribution is -2.35. The first-order valence-electron chi connectivity index (χ1n) is 5.40. The Morgan fingerprint density at radius 1 is 1.56 bits per heavy atom. The normalized spacial score (nSPS) is 21.4. The lowest BCUT2D eigenvalue weighted by Gasteiger charge is -2.25. The SMILES string of the molecule is O=[N+]([O-])/C=C1\NCCCC1Oc1ccc(Cl)nn1. The highest BCUT2D eigenvalue weighted by Crippen LogP contribution is 2.19. The lowest BCUT2D eigenvalue weighted by atomic mass is 10.1. The van der Waals surface area contributed by atoms with Crippen LogP contribution in [0.2, 0.25) is 5.15 Å². The molecule has 18 heavy (non-hydrogen) atoms. The third-order valence-electron chi connectivity index (χ3n) is 2.43. The number of ether oxygens (including phenoxy) is 1. The summed E-state index contributed by atoms with van der Waals surface area (Å²) in [5.74, 6) is 0.294. The molecule has 0 radical (unpaired) electrons. The highest BCUT2D eigenvalue weighted by atomic mass is 35.5. The van der Waals surface area contributed by atoms with Crippen LogP contribution in [-0.2, 0) is 0 Å². The zero-order valence-corrected chi connectivity index (χ0v) is 10.1. The standard InChI is InChI=1S/C10H11ClN4O3/c11-9-3-4-10(14-13-9)18-8-2-1-5-12-7(8)6-15(16)17/h3-4,6,8,12H,1-2,5H2/b7-6-. The van der Waals surface area contributed by atoms with Gasteiger partial charge in [-0.3, -0.25) is 10.1 Å². The molecule has 1 aliphatic heterocycles. The van der Waals surface area contributed by atoms with Crippen LogP contribution >= 0.6 is 11.6 Å². The molecule has 2 heterocycles. The molecule has 0 saturated carbocycles. The second-order valence-electron chi connectivity index (χ2n) is 3.74. The van der Waals surface area contributed by atoms with Crippen molar-refractivity contribution in [3.8, 4) is 5.88 Å². The van der Waals surface area contributed by atoms with Gasteiger partial charge in [0.25, 0.3) is 6.20 Å². The molecular weight excluding hydrogens is 260 g/mol. The second kappa shape index (κ2) is 5.63. The van der Waals surface area contributed by atoms with Gasteiger partial charge in [0.1, 0.15) is 11.8 Å². The topological polar surface area (TPSA) is 90.2 Å². The molecule has 1 aliphatic rings. The maximum absolute atomic E-state index is 10.5. The number of piperidine rings is 1. The average molecular weight is 271 g/mol. The number of aromatic nitrogens is 2. The summed E-state index contributed by atoms with van der Waals surface area (Å²) in [6, 6.07) is 3.13. The minimum Gasteiger partial charge on any atom is -0.467 e. The minimum absolute atomic E-state index is 0.269. The monoisotopic (exact) mass is 270 g/mol. The highest BCUT2D eigenvalue weighted by Gasteiger charge is 2.23. The van der Waals surface area contributed by atoms with Crippen LogP contribution in [0.1, 0.15) is 12.8 Å². The third-order valence-corrected chi connectivity index (χ3v) is 2.64. The molecule has 8 heteroatoms. The van der Waals surface area contributed by atoms with Gasteiger partial charge in [-0.25, -0.2) is 0 Å². The predicted molar refractivity (Wildman–Crippen MR) is 63.8 cm³/mol. The third kappa shape index (κ3) is 3.30. The van der Waals surface area contributed by atoms with Gasteiger partial charge >= 0.3 is 0 Å². The molecule has 1 N–H and O–H groups in total.